The number of anilines is 2. The quantitative estimate of drug-likeness (QED) is 0.570. The monoisotopic (exact) mass is 355 g/mol. The van der Waals surface area contributed by atoms with Gasteiger partial charge in [-0.2, -0.15) is 9.97 Å². The molecule has 0 aromatic carbocycles. The van der Waals surface area contributed by atoms with Gasteiger partial charge in [0.2, 0.25) is 5.95 Å². The first kappa shape index (κ1) is 18.1. The largest absolute Gasteiger partial charge is 0.388 e. The maximum Gasteiger partial charge on any atom is 0.226 e. The van der Waals surface area contributed by atoms with Gasteiger partial charge in [-0.3, -0.25) is 4.98 Å². The van der Waals surface area contributed by atoms with Crippen molar-refractivity contribution < 1.29 is 5.11 Å². The van der Waals surface area contributed by atoms with Crippen LogP contribution in [0, 0.1) is 0 Å². The van der Waals surface area contributed by atoms with E-state index in [0.717, 1.165) is 23.3 Å². The zero-order valence-corrected chi connectivity index (χ0v) is 15.4. The van der Waals surface area contributed by atoms with Crippen LogP contribution in [0.2, 0.25) is 0 Å². The molecule has 3 N–H and O–H groups in total. The second-order valence-corrected chi connectivity index (χ2v) is 6.52. The van der Waals surface area contributed by atoms with Crippen LogP contribution < -0.4 is 10.6 Å². The highest BCUT2D eigenvalue weighted by molar-refractivity contribution is 5.84. The van der Waals surface area contributed by atoms with Crippen LogP contribution in [0.4, 0.5) is 11.8 Å². The molecule has 3 rings (SSSR count). The van der Waals surface area contributed by atoms with Crippen molar-refractivity contribution in [3.8, 4) is 0 Å². The molecule has 0 aliphatic heterocycles. The van der Waals surface area contributed by atoms with Gasteiger partial charge in [0.05, 0.1) is 11.9 Å². The summed E-state index contributed by atoms with van der Waals surface area (Å²) in [5.41, 5.74) is 1.73. The van der Waals surface area contributed by atoms with Gasteiger partial charge >= 0.3 is 0 Å². The Balaban J connectivity index is 1.88. The van der Waals surface area contributed by atoms with Crippen molar-refractivity contribution in [2.45, 2.75) is 45.9 Å². The van der Waals surface area contributed by atoms with E-state index < -0.39 is 5.60 Å². The van der Waals surface area contributed by atoms with Gasteiger partial charge in [-0.05, 0) is 31.9 Å². The molecular formula is C18H25N7O. The molecule has 1 unspecified atom stereocenters. The second-order valence-electron chi connectivity index (χ2n) is 6.52. The lowest BCUT2D eigenvalue weighted by atomic mass is 10.0. The average Bonchev–Trinajstić information content (AvgIpc) is 3.08. The summed E-state index contributed by atoms with van der Waals surface area (Å²) in [4.78, 5) is 17.7. The Kier molecular flexibility index (Phi) is 5.32. The molecule has 26 heavy (non-hydrogen) atoms. The number of nitrogens with one attached hydrogen (secondary N) is 2. The van der Waals surface area contributed by atoms with Gasteiger partial charge in [0.25, 0.3) is 0 Å². The van der Waals surface area contributed by atoms with Crippen LogP contribution in [0.3, 0.4) is 0 Å². The van der Waals surface area contributed by atoms with Crippen LogP contribution in [0.1, 0.15) is 32.8 Å². The fourth-order valence-electron chi connectivity index (χ4n) is 2.46. The topological polar surface area (TPSA) is 101 Å². The van der Waals surface area contributed by atoms with Gasteiger partial charge in [-0.1, -0.05) is 13.0 Å². The van der Waals surface area contributed by atoms with E-state index in [1.54, 1.807) is 19.4 Å². The molecule has 0 fully saturated rings. The van der Waals surface area contributed by atoms with E-state index in [1.807, 2.05) is 36.7 Å². The Bertz CT molecular complexity index is 861. The van der Waals surface area contributed by atoms with Crippen LogP contribution in [0.15, 0.2) is 30.9 Å². The number of aromatic nitrogens is 5. The van der Waals surface area contributed by atoms with Crippen LogP contribution >= 0.6 is 0 Å². The fraction of sp³-hybridized carbons (Fsp3) is 0.444. The molecule has 8 heteroatoms. The summed E-state index contributed by atoms with van der Waals surface area (Å²) in [6.07, 6.45) is 5.96. The molecule has 138 valence electrons. The molecule has 3 aromatic rings. The zero-order valence-electron chi connectivity index (χ0n) is 15.4. The second kappa shape index (κ2) is 7.65. The summed E-state index contributed by atoms with van der Waals surface area (Å²) in [7, 11) is 0. The Hall–Kier alpha value is -2.74. The number of pyridine rings is 1. The standard InChI is InChI=1S/C18H25N7O/c1-4-18(3,26)11-21-17-23-15(20-10-13-7-6-8-19-9-13)14-16(24-17)25(5-2)12-22-14/h6-9,12,26H,4-5,10-11H2,1-3H3,(H2,20,21,23,24). The van der Waals surface area contributed by atoms with Crippen molar-refractivity contribution in [2.24, 2.45) is 0 Å². The molecule has 0 amide bonds. The molecule has 3 aromatic heterocycles. The van der Waals surface area contributed by atoms with Gasteiger partial charge in [0.1, 0.15) is 0 Å². The SMILES string of the molecule is CCn1cnc2c(NCc3cccnc3)nc(NCC(C)(O)CC)nc21. The number of rotatable bonds is 8. The van der Waals surface area contributed by atoms with E-state index >= 15 is 0 Å². The maximum absolute atomic E-state index is 10.2. The normalized spacial score (nSPS) is 13.5. The van der Waals surface area contributed by atoms with E-state index in [4.69, 9.17) is 0 Å². The third-order valence-electron chi connectivity index (χ3n) is 4.38. The Labute approximate surface area is 152 Å². The van der Waals surface area contributed by atoms with Crippen molar-refractivity contribution >= 4 is 22.9 Å². The molecule has 0 aliphatic carbocycles. The van der Waals surface area contributed by atoms with E-state index in [2.05, 4.69) is 30.6 Å². The van der Waals surface area contributed by atoms with E-state index in [1.165, 1.54) is 0 Å². The Morgan fingerprint density at radius 1 is 1.23 bits per heavy atom. The summed E-state index contributed by atoms with van der Waals surface area (Å²) in [6.45, 7) is 7.50. The number of hydrogen-bond acceptors (Lipinski definition) is 7. The number of aliphatic hydroxyl groups is 1. The molecule has 0 saturated carbocycles. The molecule has 3 heterocycles. The predicted molar refractivity (Wildman–Crippen MR) is 102 cm³/mol. The zero-order chi connectivity index (χ0) is 18.6. The van der Waals surface area contributed by atoms with Crippen LogP contribution in [0.25, 0.3) is 11.2 Å². The van der Waals surface area contributed by atoms with Crippen LogP contribution in [0.5, 0.6) is 0 Å². The van der Waals surface area contributed by atoms with Crippen molar-refractivity contribution in [1.82, 2.24) is 24.5 Å². The van der Waals surface area contributed by atoms with Gasteiger partial charge in [0.15, 0.2) is 17.0 Å². The molecule has 0 bridgehead atoms. The number of hydrogen-bond donors (Lipinski definition) is 3. The van der Waals surface area contributed by atoms with Crippen LogP contribution in [-0.4, -0.2) is 41.8 Å². The van der Waals surface area contributed by atoms with Gasteiger partial charge in [-0.25, -0.2) is 4.98 Å². The summed E-state index contributed by atoms with van der Waals surface area (Å²) in [5, 5.41) is 16.7. The minimum absolute atomic E-state index is 0.372. The highest BCUT2D eigenvalue weighted by atomic mass is 16.3. The lowest BCUT2D eigenvalue weighted by Gasteiger charge is -2.21. The van der Waals surface area contributed by atoms with Crippen molar-refractivity contribution in [1.29, 1.82) is 0 Å². The van der Waals surface area contributed by atoms with E-state index in [0.29, 0.717) is 31.3 Å². The lowest BCUT2D eigenvalue weighted by Crippen LogP contribution is -2.33. The minimum Gasteiger partial charge on any atom is -0.388 e. The van der Waals surface area contributed by atoms with Crippen molar-refractivity contribution in [2.75, 3.05) is 17.2 Å². The summed E-state index contributed by atoms with van der Waals surface area (Å²) < 4.78 is 1.97. The third-order valence-corrected chi connectivity index (χ3v) is 4.38. The molecule has 8 nitrogen and oxygen atoms in total. The molecule has 0 aliphatic rings. The first-order chi connectivity index (χ1) is 12.5. The summed E-state index contributed by atoms with van der Waals surface area (Å²) in [5.74, 6) is 1.12. The highest BCUT2D eigenvalue weighted by Crippen LogP contribution is 2.22. The van der Waals surface area contributed by atoms with E-state index in [-0.39, 0.29) is 0 Å². The minimum atomic E-state index is -0.813. The molecular weight excluding hydrogens is 330 g/mol. The van der Waals surface area contributed by atoms with Gasteiger partial charge in [0, 0.05) is 32.0 Å². The average molecular weight is 355 g/mol. The first-order valence-electron chi connectivity index (χ1n) is 8.84. The van der Waals surface area contributed by atoms with Gasteiger partial charge < -0.3 is 20.3 Å². The summed E-state index contributed by atoms with van der Waals surface area (Å²) in [6, 6.07) is 3.90. The number of nitrogens with zero attached hydrogens (tertiary/aromatic N) is 5. The lowest BCUT2D eigenvalue weighted by molar-refractivity contribution is 0.0696. The third kappa shape index (κ3) is 4.08. The first-order valence-corrected chi connectivity index (χ1v) is 8.84. The maximum atomic E-state index is 10.2. The predicted octanol–water partition coefficient (Wildman–Crippen LogP) is 2.43. The molecule has 0 radical (unpaired) electrons. The summed E-state index contributed by atoms with van der Waals surface area (Å²) >= 11 is 0. The van der Waals surface area contributed by atoms with Crippen LogP contribution in [-0.2, 0) is 13.1 Å². The molecule has 0 saturated heterocycles. The Morgan fingerprint density at radius 3 is 2.77 bits per heavy atom. The Morgan fingerprint density at radius 2 is 2.08 bits per heavy atom. The number of imidazole rings is 1. The fourth-order valence-corrected chi connectivity index (χ4v) is 2.46. The van der Waals surface area contributed by atoms with E-state index in [9.17, 15) is 5.11 Å². The number of fused-ring (bicyclic) bond motifs is 1. The highest BCUT2D eigenvalue weighted by Gasteiger charge is 2.19. The number of aryl methyl sites for hydroxylation is 1. The van der Waals surface area contributed by atoms with Gasteiger partial charge in [-0.15, -0.1) is 0 Å². The van der Waals surface area contributed by atoms with Crippen molar-refractivity contribution in [3.63, 3.8) is 0 Å². The van der Waals surface area contributed by atoms with Crippen molar-refractivity contribution in [3.05, 3.63) is 36.4 Å². The smallest absolute Gasteiger partial charge is 0.226 e. The molecule has 1 atom stereocenters. The molecule has 0 spiro atoms.